The molecule has 0 saturated heterocycles. The van der Waals surface area contributed by atoms with Gasteiger partial charge in [-0.2, -0.15) is 4.98 Å². The highest BCUT2D eigenvalue weighted by Gasteiger charge is 2.20. The van der Waals surface area contributed by atoms with Gasteiger partial charge < -0.3 is 14.8 Å². The van der Waals surface area contributed by atoms with Crippen LogP contribution in [0.25, 0.3) is 22.2 Å². The van der Waals surface area contributed by atoms with Crippen molar-refractivity contribution in [2.45, 2.75) is 39.7 Å². The smallest absolute Gasteiger partial charge is 0.252 e. The third kappa shape index (κ3) is 3.80. The third-order valence-electron chi connectivity index (χ3n) is 4.83. The molecule has 4 rings (SSSR count). The number of aryl methyl sites for hydroxylation is 1. The lowest BCUT2D eigenvalue weighted by atomic mass is 10.0. The summed E-state index contributed by atoms with van der Waals surface area (Å²) in [6.45, 7) is 7.57. The van der Waals surface area contributed by atoms with Crippen molar-refractivity contribution in [2.24, 2.45) is 0 Å². The summed E-state index contributed by atoms with van der Waals surface area (Å²) in [7, 11) is 0. The van der Waals surface area contributed by atoms with E-state index in [0.717, 1.165) is 28.0 Å². The average Bonchev–Trinajstić information content (AvgIpc) is 3.34. The minimum absolute atomic E-state index is 0.191. The number of aromatic nitrogens is 4. The maximum absolute atomic E-state index is 13.4. The number of rotatable bonds is 5. The average molecular weight is 407 g/mol. The van der Waals surface area contributed by atoms with E-state index >= 15 is 0 Å². The van der Waals surface area contributed by atoms with E-state index in [1.54, 1.807) is 38.1 Å². The molecule has 0 unspecified atom stereocenters. The number of nitrogens with zero attached hydrogens (tertiary/aromatic N) is 3. The molecule has 8 heteroatoms. The molecule has 0 aliphatic heterocycles. The Hall–Kier alpha value is -3.55. The molecular formula is C22H22FN5O2. The van der Waals surface area contributed by atoms with Gasteiger partial charge in [-0.15, -0.1) is 0 Å². The number of carbonyl (C=O) groups is 1. The van der Waals surface area contributed by atoms with Crippen molar-refractivity contribution < 1.29 is 13.7 Å². The topological polar surface area (TPSA) is 96.7 Å². The lowest BCUT2D eigenvalue weighted by molar-refractivity contribution is 0.0932. The molecule has 2 heterocycles. The molecular weight excluding hydrogens is 385 g/mol. The molecule has 154 valence electrons. The molecule has 7 nitrogen and oxygen atoms in total. The Kier molecular flexibility index (Phi) is 5.07. The summed E-state index contributed by atoms with van der Waals surface area (Å²) in [6, 6.07) is 9.23. The largest absolute Gasteiger partial charge is 0.342 e. The summed E-state index contributed by atoms with van der Waals surface area (Å²) in [5, 5.41) is 6.64. The molecule has 4 aromatic rings. The predicted molar refractivity (Wildman–Crippen MR) is 110 cm³/mol. The van der Waals surface area contributed by atoms with Crippen LogP contribution in [0.2, 0.25) is 0 Å². The van der Waals surface area contributed by atoms with Gasteiger partial charge in [0.1, 0.15) is 17.7 Å². The van der Waals surface area contributed by atoms with Crippen LogP contribution in [0.3, 0.4) is 0 Å². The number of halogens is 1. The molecule has 2 aromatic carbocycles. The van der Waals surface area contributed by atoms with Gasteiger partial charge in [0, 0.05) is 17.0 Å². The van der Waals surface area contributed by atoms with Crippen LogP contribution in [0, 0.1) is 12.7 Å². The minimum atomic E-state index is -0.448. The molecule has 0 spiro atoms. The summed E-state index contributed by atoms with van der Waals surface area (Å²) in [5.41, 5.74) is 3.46. The Morgan fingerprint density at radius 2 is 1.87 bits per heavy atom. The van der Waals surface area contributed by atoms with Crippen molar-refractivity contribution in [3.8, 4) is 11.1 Å². The predicted octanol–water partition coefficient (Wildman–Crippen LogP) is 4.67. The number of carbonyl (C=O) groups excluding carboxylic acids is 1. The Morgan fingerprint density at radius 3 is 2.50 bits per heavy atom. The van der Waals surface area contributed by atoms with Gasteiger partial charge >= 0.3 is 0 Å². The quantitative estimate of drug-likeness (QED) is 0.501. The molecule has 1 atom stereocenters. The first kappa shape index (κ1) is 19.8. The fourth-order valence-electron chi connectivity index (χ4n) is 3.22. The van der Waals surface area contributed by atoms with Gasteiger partial charge in [0.15, 0.2) is 5.82 Å². The van der Waals surface area contributed by atoms with Crippen LogP contribution in [-0.4, -0.2) is 26.0 Å². The molecule has 0 bridgehead atoms. The van der Waals surface area contributed by atoms with E-state index < -0.39 is 6.04 Å². The minimum Gasteiger partial charge on any atom is -0.342 e. The number of amides is 1. The zero-order chi connectivity index (χ0) is 21.4. The van der Waals surface area contributed by atoms with E-state index in [0.29, 0.717) is 17.3 Å². The van der Waals surface area contributed by atoms with Crippen molar-refractivity contribution in [3.05, 3.63) is 65.3 Å². The monoisotopic (exact) mass is 407 g/mol. The van der Waals surface area contributed by atoms with Gasteiger partial charge in [-0.25, -0.2) is 9.37 Å². The Bertz CT molecular complexity index is 1210. The first-order valence-electron chi connectivity index (χ1n) is 9.72. The maximum Gasteiger partial charge on any atom is 0.252 e. The highest BCUT2D eigenvalue weighted by atomic mass is 19.1. The molecule has 2 aromatic heterocycles. The standard InChI is InChI=1S/C22H22FN5O2/c1-11(2)20-26-18-10-15(21(29)24-12(3)22-25-13(4)28-30-22)9-17(19(18)27-20)14-5-7-16(23)8-6-14/h5-12H,1-4H3,(H,24,29)(H,26,27)/t12-/m1/s1. The van der Waals surface area contributed by atoms with E-state index in [2.05, 4.69) is 20.4 Å². The first-order valence-corrected chi connectivity index (χ1v) is 9.72. The number of imidazole rings is 1. The second-order valence-electron chi connectivity index (χ2n) is 7.58. The Labute approximate surface area is 172 Å². The second-order valence-corrected chi connectivity index (χ2v) is 7.58. The van der Waals surface area contributed by atoms with Crippen molar-refractivity contribution in [3.63, 3.8) is 0 Å². The van der Waals surface area contributed by atoms with Crippen LogP contribution in [0.1, 0.15) is 60.6 Å². The van der Waals surface area contributed by atoms with Crippen molar-refractivity contribution >= 4 is 16.9 Å². The zero-order valence-electron chi connectivity index (χ0n) is 17.2. The fraction of sp³-hybridized carbons (Fsp3) is 0.273. The van der Waals surface area contributed by atoms with E-state index in [1.807, 2.05) is 13.8 Å². The summed E-state index contributed by atoms with van der Waals surface area (Å²) in [5.74, 6) is 1.24. The highest BCUT2D eigenvalue weighted by molar-refractivity contribution is 6.02. The number of benzene rings is 2. The molecule has 30 heavy (non-hydrogen) atoms. The van der Waals surface area contributed by atoms with Crippen molar-refractivity contribution in [2.75, 3.05) is 0 Å². The van der Waals surface area contributed by atoms with Gasteiger partial charge in [-0.3, -0.25) is 4.79 Å². The molecule has 0 aliphatic rings. The summed E-state index contributed by atoms with van der Waals surface area (Å²) in [6.07, 6.45) is 0. The zero-order valence-corrected chi connectivity index (χ0v) is 17.2. The summed E-state index contributed by atoms with van der Waals surface area (Å²) < 4.78 is 18.6. The molecule has 0 fully saturated rings. The van der Waals surface area contributed by atoms with E-state index in [1.165, 1.54) is 12.1 Å². The van der Waals surface area contributed by atoms with Crippen LogP contribution < -0.4 is 5.32 Å². The van der Waals surface area contributed by atoms with Crippen LogP contribution in [-0.2, 0) is 0 Å². The van der Waals surface area contributed by atoms with E-state index in [4.69, 9.17) is 9.51 Å². The number of fused-ring (bicyclic) bond motifs is 1. The second kappa shape index (κ2) is 7.70. The number of aromatic amines is 1. The van der Waals surface area contributed by atoms with Crippen molar-refractivity contribution in [1.82, 2.24) is 25.4 Å². The number of H-pyrrole nitrogens is 1. The van der Waals surface area contributed by atoms with Gasteiger partial charge in [-0.1, -0.05) is 31.1 Å². The lowest BCUT2D eigenvalue weighted by Gasteiger charge is -2.11. The van der Waals surface area contributed by atoms with E-state index in [-0.39, 0.29) is 17.6 Å². The number of nitrogens with one attached hydrogen (secondary N) is 2. The summed E-state index contributed by atoms with van der Waals surface area (Å²) in [4.78, 5) is 25.1. The van der Waals surface area contributed by atoms with Crippen LogP contribution in [0.15, 0.2) is 40.9 Å². The molecule has 0 radical (unpaired) electrons. The highest BCUT2D eigenvalue weighted by Crippen LogP contribution is 2.30. The third-order valence-corrected chi connectivity index (χ3v) is 4.83. The Morgan fingerprint density at radius 1 is 1.13 bits per heavy atom. The number of hydrogen-bond acceptors (Lipinski definition) is 5. The van der Waals surface area contributed by atoms with Crippen molar-refractivity contribution in [1.29, 1.82) is 0 Å². The normalized spacial score (nSPS) is 12.5. The lowest BCUT2D eigenvalue weighted by Crippen LogP contribution is -2.27. The fourth-order valence-corrected chi connectivity index (χ4v) is 3.22. The SMILES string of the molecule is Cc1noc([C@@H](C)NC(=O)c2cc(-c3ccc(F)cc3)c3nc(C(C)C)[nH]c3c2)n1. The molecule has 1 amide bonds. The molecule has 0 aliphatic carbocycles. The number of hydrogen-bond donors (Lipinski definition) is 2. The van der Waals surface area contributed by atoms with Gasteiger partial charge in [0.05, 0.1) is 11.0 Å². The molecule has 2 N–H and O–H groups in total. The van der Waals surface area contributed by atoms with Crippen LogP contribution >= 0.6 is 0 Å². The first-order chi connectivity index (χ1) is 14.3. The maximum atomic E-state index is 13.4. The Balaban J connectivity index is 1.76. The van der Waals surface area contributed by atoms with Gasteiger partial charge in [0.25, 0.3) is 5.91 Å². The van der Waals surface area contributed by atoms with Crippen LogP contribution in [0.5, 0.6) is 0 Å². The molecule has 0 saturated carbocycles. The van der Waals surface area contributed by atoms with Gasteiger partial charge in [0.2, 0.25) is 5.89 Å². The van der Waals surface area contributed by atoms with Gasteiger partial charge in [-0.05, 0) is 43.7 Å². The summed E-state index contributed by atoms with van der Waals surface area (Å²) >= 11 is 0. The van der Waals surface area contributed by atoms with E-state index in [9.17, 15) is 9.18 Å². The van der Waals surface area contributed by atoms with Crippen LogP contribution in [0.4, 0.5) is 4.39 Å².